The van der Waals surface area contributed by atoms with Gasteiger partial charge in [-0.05, 0) is 24.3 Å². The first-order valence-electron chi connectivity index (χ1n) is 8.87. The third-order valence-corrected chi connectivity index (χ3v) is 5.05. The Morgan fingerprint density at radius 1 is 1.17 bits per heavy atom. The molecule has 1 aliphatic rings. The highest BCUT2D eigenvalue weighted by Gasteiger charge is 2.26. The highest BCUT2D eigenvalue weighted by molar-refractivity contribution is 6.31. The molecule has 0 saturated carbocycles. The number of benzene rings is 1. The zero-order valence-electron chi connectivity index (χ0n) is 15.1. The van der Waals surface area contributed by atoms with Gasteiger partial charge in [0.25, 0.3) is 12.3 Å². The molecular weight excluding hydrogens is 402 g/mol. The molecule has 1 aromatic carbocycles. The standard InChI is InChI=1S/C20H15ClF2N4O2/c21-14-5-12(9-24)6-15(8-14)26-1-3-27(4-2-26)20(28)16-11-25-10-13-7-17(19(22)23)29-18(13)16/h5-8,10-11,19H,1-4H2. The number of nitriles is 1. The Kier molecular flexibility index (Phi) is 5.07. The highest BCUT2D eigenvalue weighted by Crippen LogP contribution is 2.29. The fourth-order valence-corrected chi connectivity index (χ4v) is 3.63. The number of pyridine rings is 1. The van der Waals surface area contributed by atoms with Gasteiger partial charge in [-0.2, -0.15) is 5.26 Å². The Bertz CT molecular complexity index is 1120. The van der Waals surface area contributed by atoms with Crippen LogP contribution < -0.4 is 4.90 Å². The largest absolute Gasteiger partial charge is 0.454 e. The van der Waals surface area contributed by atoms with Gasteiger partial charge in [0.15, 0.2) is 5.76 Å². The van der Waals surface area contributed by atoms with Gasteiger partial charge in [0.1, 0.15) is 11.1 Å². The van der Waals surface area contributed by atoms with Crippen molar-refractivity contribution < 1.29 is 18.0 Å². The summed E-state index contributed by atoms with van der Waals surface area (Å²) in [6.07, 6.45) is -0.0259. The van der Waals surface area contributed by atoms with Gasteiger partial charge in [-0.1, -0.05) is 11.6 Å². The van der Waals surface area contributed by atoms with Crippen LogP contribution in [-0.2, 0) is 0 Å². The molecule has 9 heteroatoms. The van der Waals surface area contributed by atoms with Crippen LogP contribution in [0, 0.1) is 11.3 Å². The first-order valence-corrected chi connectivity index (χ1v) is 9.24. The number of furan rings is 1. The van der Waals surface area contributed by atoms with E-state index >= 15 is 0 Å². The van der Waals surface area contributed by atoms with Gasteiger partial charge < -0.3 is 14.2 Å². The molecule has 0 spiro atoms. The predicted molar refractivity (Wildman–Crippen MR) is 103 cm³/mol. The van der Waals surface area contributed by atoms with Crippen molar-refractivity contribution in [2.24, 2.45) is 0 Å². The Labute approximate surface area is 169 Å². The fraction of sp³-hybridized carbons (Fsp3) is 0.250. The summed E-state index contributed by atoms with van der Waals surface area (Å²) in [6, 6.07) is 8.40. The van der Waals surface area contributed by atoms with Crippen LogP contribution in [-0.4, -0.2) is 42.0 Å². The molecule has 1 aliphatic heterocycles. The van der Waals surface area contributed by atoms with Crippen LogP contribution in [0.25, 0.3) is 11.0 Å². The molecule has 1 saturated heterocycles. The van der Waals surface area contributed by atoms with Gasteiger partial charge in [-0.3, -0.25) is 9.78 Å². The SMILES string of the molecule is N#Cc1cc(Cl)cc(N2CCN(C(=O)c3cncc4cc(C(F)F)oc34)CC2)c1. The lowest BCUT2D eigenvalue weighted by Crippen LogP contribution is -2.48. The number of anilines is 1. The summed E-state index contributed by atoms with van der Waals surface area (Å²) in [6.45, 7) is 1.93. The number of carbonyl (C=O) groups excluding carboxylic acids is 1. The van der Waals surface area contributed by atoms with Gasteiger partial charge in [-0.25, -0.2) is 8.78 Å². The van der Waals surface area contributed by atoms with Crippen molar-refractivity contribution in [3.63, 3.8) is 0 Å². The number of halogens is 3. The zero-order chi connectivity index (χ0) is 20.5. The molecule has 4 rings (SSSR count). The smallest absolute Gasteiger partial charge is 0.295 e. The van der Waals surface area contributed by atoms with Crippen molar-refractivity contribution in [2.45, 2.75) is 6.43 Å². The first-order chi connectivity index (χ1) is 14.0. The summed E-state index contributed by atoms with van der Waals surface area (Å²) in [5.74, 6) is -0.803. The Morgan fingerprint density at radius 2 is 1.93 bits per heavy atom. The normalized spacial score (nSPS) is 14.4. The fourth-order valence-electron chi connectivity index (χ4n) is 3.40. The molecule has 0 radical (unpaired) electrons. The van der Waals surface area contributed by atoms with Crippen LogP contribution in [0.2, 0.25) is 5.02 Å². The van der Waals surface area contributed by atoms with Crippen LogP contribution >= 0.6 is 11.6 Å². The quantitative estimate of drug-likeness (QED) is 0.638. The number of fused-ring (bicyclic) bond motifs is 1. The molecule has 0 atom stereocenters. The molecule has 2 aromatic heterocycles. The number of hydrogen-bond donors (Lipinski definition) is 0. The second-order valence-electron chi connectivity index (χ2n) is 6.64. The molecule has 0 unspecified atom stereocenters. The molecule has 3 heterocycles. The van der Waals surface area contributed by atoms with Gasteiger partial charge >= 0.3 is 0 Å². The molecule has 1 amide bonds. The summed E-state index contributed by atoms with van der Waals surface area (Å²) < 4.78 is 31.1. The van der Waals surface area contributed by atoms with Crippen molar-refractivity contribution in [3.05, 3.63) is 58.6 Å². The van der Waals surface area contributed by atoms with Crippen LogP contribution in [0.3, 0.4) is 0 Å². The second-order valence-corrected chi connectivity index (χ2v) is 7.08. The molecule has 3 aromatic rings. The average Bonchev–Trinajstić information content (AvgIpc) is 3.18. The van der Waals surface area contributed by atoms with Crippen LogP contribution in [0.1, 0.15) is 28.1 Å². The molecular formula is C20H15ClF2N4O2. The van der Waals surface area contributed by atoms with E-state index in [0.717, 1.165) is 5.69 Å². The third-order valence-electron chi connectivity index (χ3n) is 4.83. The van der Waals surface area contributed by atoms with E-state index in [1.807, 2.05) is 4.90 Å². The summed E-state index contributed by atoms with van der Waals surface area (Å²) in [4.78, 5) is 20.6. The Hall–Kier alpha value is -3.18. The third kappa shape index (κ3) is 3.74. The van der Waals surface area contributed by atoms with Crippen molar-refractivity contribution in [3.8, 4) is 6.07 Å². The molecule has 0 aliphatic carbocycles. The van der Waals surface area contributed by atoms with Crippen molar-refractivity contribution in [1.82, 2.24) is 9.88 Å². The minimum absolute atomic E-state index is 0.122. The lowest BCUT2D eigenvalue weighted by Gasteiger charge is -2.36. The minimum Gasteiger partial charge on any atom is -0.454 e. The summed E-state index contributed by atoms with van der Waals surface area (Å²) in [5.41, 5.74) is 1.57. The molecule has 0 bridgehead atoms. The van der Waals surface area contributed by atoms with Gasteiger partial charge in [0, 0.05) is 54.7 Å². The van der Waals surface area contributed by atoms with Crippen molar-refractivity contribution in [1.29, 1.82) is 5.26 Å². The van der Waals surface area contributed by atoms with E-state index in [-0.39, 0.29) is 17.1 Å². The average molecular weight is 417 g/mol. The molecule has 6 nitrogen and oxygen atoms in total. The highest BCUT2D eigenvalue weighted by atomic mass is 35.5. The monoisotopic (exact) mass is 416 g/mol. The number of alkyl halides is 2. The van der Waals surface area contributed by atoms with E-state index in [2.05, 4.69) is 11.1 Å². The predicted octanol–water partition coefficient (Wildman–Crippen LogP) is 4.25. The summed E-state index contributed by atoms with van der Waals surface area (Å²) in [7, 11) is 0. The Balaban J connectivity index is 1.52. The second kappa shape index (κ2) is 7.68. The minimum atomic E-state index is -2.76. The summed E-state index contributed by atoms with van der Waals surface area (Å²) in [5, 5.41) is 9.95. The summed E-state index contributed by atoms with van der Waals surface area (Å²) >= 11 is 6.07. The number of piperazine rings is 1. The van der Waals surface area contributed by atoms with Gasteiger partial charge in [0.05, 0.1) is 11.6 Å². The molecule has 1 fully saturated rings. The molecule has 0 N–H and O–H groups in total. The molecule has 29 heavy (non-hydrogen) atoms. The lowest BCUT2D eigenvalue weighted by atomic mass is 10.1. The van der Waals surface area contributed by atoms with E-state index in [1.165, 1.54) is 18.5 Å². The number of carbonyl (C=O) groups is 1. The first kappa shape index (κ1) is 19.2. The Morgan fingerprint density at radius 3 is 2.62 bits per heavy atom. The van der Waals surface area contributed by atoms with Crippen LogP contribution in [0.5, 0.6) is 0 Å². The number of amides is 1. The number of rotatable bonds is 3. The maximum atomic E-state index is 12.9. The zero-order valence-corrected chi connectivity index (χ0v) is 15.9. The van der Waals surface area contributed by atoms with Gasteiger partial charge in [-0.15, -0.1) is 0 Å². The molecule has 148 valence electrons. The van der Waals surface area contributed by atoms with Crippen LogP contribution in [0.15, 0.2) is 41.1 Å². The van der Waals surface area contributed by atoms with Gasteiger partial charge in [0.2, 0.25) is 0 Å². The van der Waals surface area contributed by atoms with E-state index in [1.54, 1.807) is 23.1 Å². The lowest BCUT2D eigenvalue weighted by molar-refractivity contribution is 0.0746. The van der Waals surface area contributed by atoms with E-state index in [9.17, 15) is 13.6 Å². The number of aromatic nitrogens is 1. The van der Waals surface area contributed by atoms with E-state index in [4.69, 9.17) is 21.3 Å². The van der Waals surface area contributed by atoms with Crippen LogP contribution in [0.4, 0.5) is 14.5 Å². The number of nitrogens with zero attached hydrogens (tertiary/aromatic N) is 4. The van der Waals surface area contributed by atoms with Crippen molar-refractivity contribution >= 4 is 34.2 Å². The van der Waals surface area contributed by atoms with E-state index < -0.39 is 12.2 Å². The topological polar surface area (TPSA) is 73.4 Å². The van der Waals surface area contributed by atoms with Crippen molar-refractivity contribution in [2.75, 3.05) is 31.1 Å². The number of hydrogen-bond acceptors (Lipinski definition) is 5. The maximum absolute atomic E-state index is 12.9. The maximum Gasteiger partial charge on any atom is 0.295 e. The van der Waals surface area contributed by atoms with E-state index in [0.29, 0.717) is 42.2 Å².